The molecule has 1 heteroatoms. The van der Waals surface area contributed by atoms with Gasteiger partial charge in [-0.15, -0.1) is 11.6 Å². The predicted molar refractivity (Wildman–Crippen MR) is 63.0 cm³/mol. The fraction of sp³-hybridized carbons (Fsp3) is 0.231. The van der Waals surface area contributed by atoms with E-state index in [2.05, 4.69) is 42.5 Å². The van der Waals surface area contributed by atoms with E-state index >= 15 is 0 Å². The molecule has 1 atom stereocenters. The molecule has 0 N–H and O–H groups in total. The predicted octanol–water partition coefficient (Wildman–Crippen LogP) is 4.01. The summed E-state index contributed by atoms with van der Waals surface area (Å²) in [7, 11) is 0. The molecule has 0 bridgehead atoms. The monoisotopic (exact) mass is 204 g/mol. The molecule has 72 valence electrons. The average molecular weight is 205 g/mol. The number of hydrogen-bond acceptors (Lipinski definition) is 0. The molecule has 2 aromatic carbocycles. The van der Waals surface area contributed by atoms with Crippen LogP contribution in [0, 0.1) is 0 Å². The van der Waals surface area contributed by atoms with Crippen molar-refractivity contribution in [2.75, 3.05) is 0 Å². The molecule has 0 nitrogen and oxygen atoms in total. The first-order valence-electron chi connectivity index (χ1n) is 4.88. The summed E-state index contributed by atoms with van der Waals surface area (Å²) in [6.45, 7) is 2.03. The second kappa shape index (κ2) is 4.02. The molecule has 1 unspecified atom stereocenters. The van der Waals surface area contributed by atoms with Crippen LogP contribution in [-0.4, -0.2) is 5.38 Å². The molecule has 0 saturated heterocycles. The molecule has 2 rings (SSSR count). The van der Waals surface area contributed by atoms with Gasteiger partial charge in [0.25, 0.3) is 0 Å². The van der Waals surface area contributed by atoms with E-state index in [-0.39, 0.29) is 5.38 Å². The quantitative estimate of drug-likeness (QED) is 0.649. The van der Waals surface area contributed by atoms with Crippen molar-refractivity contribution in [2.24, 2.45) is 0 Å². The third kappa shape index (κ3) is 1.91. The van der Waals surface area contributed by atoms with Crippen molar-refractivity contribution < 1.29 is 0 Å². The minimum atomic E-state index is 0.195. The van der Waals surface area contributed by atoms with Crippen LogP contribution >= 0.6 is 11.6 Å². The Morgan fingerprint density at radius 2 is 1.79 bits per heavy atom. The Kier molecular flexibility index (Phi) is 2.74. The molecule has 0 aromatic heterocycles. The highest BCUT2D eigenvalue weighted by atomic mass is 35.5. The lowest BCUT2D eigenvalue weighted by molar-refractivity contribution is 0.939. The Hall–Kier alpha value is -1.01. The first-order chi connectivity index (χ1) is 6.77. The van der Waals surface area contributed by atoms with Crippen LogP contribution in [-0.2, 0) is 6.42 Å². The highest BCUT2D eigenvalue weighted by Gasteiger charge is 2.03. The Bertz CT molecular complexity index is 427. The maximum Gasteiger partial charge on any atom is 0.0348 e. The molecule has 0 spiro atoms. The van der Waals surface area contributed by atoms with Crippen molar-refractivity contribution in [1.29, 1.82) is 0 Å². The molecule has 0 amide bonds. The van der Waals surface area contributed by atoms with Gasteiger partial charge in [-0.25, -0.2) is 0 Å². The van der Waals surface area contributed by atoms with Crippen LogP contribution in [0.15, 0.2) is 42.5 Å². The molecule has 0 aliphatic carbocycles. The molecule has 0 aliphatic heterocycles. The van der Waals surface area contributed by atoms with Gasteiger partial charge < -0.3 is 0 Å². The first-order valence-corrected chi connectivity index (χ1v) is 5.32. The summed E-state index contributed by atoms with van der Waals surface area (Å²) in [6, 6.07) is 14.8. The van der Waals surface area contributed by atoms with Crippen molar-refractivity contribution in [3.05, 3.63) is 48.0 Å². The Morgan fingerprint density at radius 3 is 2.57 bits per heavy atom. The van der Waals surface area contributed by atoms with E-state index in [0.29, 0.717) is 0 Å². The maximum atomic E-state index is 6.01. The Labute approximate surface area is 89.5 Å². The summed E-state index contributed by atoms with van der Waals surface area (Å²) in [4.78, 5) is 0. The highest BCUT2D eigenvalue weighted by Crippen LogP contribution is 2.20. The summed E-state index contributed by atoms with van der Waals surface area (Å²) in [6.07, 6.45) is 0.933. The zero-order valence-electron chi connectivity index (χ0n) is 8.20. The molecule has 0 fully saturated rings. The summed E-state index contributed by atoms with van der Waals surface area (Å²) in [5.41, 5.74) is 1.34. The third-order valence-corrected chi connectivity index (χ3v) is 2.54. The second-order valence-corrected chi connectivity index (χ2v) is 4.37. The van der Waals surface area contributed by atoms with Gasteiger partial charge in [-0.1, -0.05) is 42.5 Å². The SMILES string of the molecule is CC(Cl)Cc1cccc2ccccc12. The zero-order valence-corrected chi connectivity index (χ0v) is 8.96. The molecular formula is C13H13Cl. The lowest BCUT2D eigenvalue weighted by atomic mass is 10.0. The van der Waals surface area contributed by atoms with Crippen LogP contribution in [0.3, 0.4) is 0 Å². The van der Waals surface area contributed by atoms with Crippen LogP contribution in [0.4, 0.5) is 0 Å². The number of halogens is 1. The summed E-state index contributed by atoms with van der Waals surface area (Å²) < 4.78 is 0. The zero-order chi connectivity index (χ0) is 9.97. The molecule has 0 radical (unpaired) electrons. The average Bonchev–Trinajstić information content (AvgIpc) is 2.18. The van der Waals surface area contributed by atoms with Crippen LogP contribution in [0.1, 0.15) is 12.5 Å². The van der Waals surface area contributed by atoms with Gasteiger partial charge in [-0.3, -0.25) is 0 Å². The van der Waals surface area contributed by atoms with Gasteiger partial charge in [0.1, 0.15) is 0 Å². The van der Waals surface area contributed by atoms with Crippen LogP contribution in [0.5, 0.6) is 0 Å². The van der Waals surface area contributed by atoms with E-state index < -0.39 is 0 Å². The smallest absolute Gasteiger partial charge is 0.0348 e. The molecule has 0 saturated carbocycles. The topological polar surface area (TPSA) is 0 Å². The minimum absolute atomic E-state index is 0.195. The third-order valence-electron chi connectivity index (χ3n) is 2.38. The Balaban J connectivity index is 2.53. The second-order valence-electron chi connectivity index (χ2n) is 3.62. The number of benzene rings is 2. The van der Waals surface area contributed by atoms with Crippen molar-refractivity contribution in [3.8, 4) is 0 Å². The Morgan fingerprint density at radius 1 is 1.07 bits per heavy atom. The molecule has 0 aliphatic rings. The maximum absolute atomic E-state index is 6.01. The van der Waals surface area contributed by atoms with Crippen molar-refractivity contribution in [2.45, 2.75) is 18.7 Å². The standard InChI is InChI=1S/C13H13Cl/c1-10(14)9-12-7-4-6-11-5-2-3-8-13(11)12/h2-8,10H,9H2,1H3. The number of rotatable bonds is 2. The first kappa shape index (κ1) is 9.54. The molecule has 14 heavy (non-hydrogen) atoms. The number of fused-ring (bicyclic) bond motifs is 1. The minimum Gasteiger partial charge on any atom is -0.123 e. The van der Waals surface area contributed by atoms with Crippen molar-refractivity contribution >= 4 is 22.4 Å². The fourth-order valence-corrected chi connectivity index (χ4v) is 1.94. The molecule has 2 aromatic rings. The largest absolute Gasteiger partial charge is 0.123 e. The fourth-order valence-electron chi connectivity index (χ4n) is 1.77. The van der Waals surface area contributed by atoms with Crippen molar-refractivity contribution in [3.63, 3.8) is 0 Å². The van der Waals surface area contributed by atoms with Gasteiger partial charge in [-0.05, 0) is 29.7 Å². The summed E-state index contributed by atoms with van der Waals surface area (Å²) >= 11 is 6.01. The lowest BCUT2D eigenvalue weighted by Crippen LogP contribution is -1.97. The van der Waals surface area contributed by atoms with E-state index in [4.69, 9.17) is 11.6 Å². The number of hydrogen-bond donors (Lipinski definition) is 0. The highest BCUT2D eigenvalue weighted by molar-refractivity contribution is 6.20. The van der Waals surface area contributed by atoms with Crippen LogP contribution < -0.4 is 0 Å². The summed E-state index contributed by atoms with van der Waals surface area (Å²) in [5.74, 6) is 0. The van der Waals surface area contributed by atoms with Crippen LogP contribution in [0.2, 0.25) is 0 Å². The molecule has 0 heterocycles. The van der Waals surface area contributed by atoms with Gasteiger partial charge in [0, 0.05) is 5.38 Å². The van der Waals surface area contributed by atoms with E-state index in [9.17, 15) is 0 Å². The van der Waals surface area contributed by atoms with E-state index in [1.165, 1.54) is 16.3 Å². The van der Waals surface area contributed by atoms with Gasteiger partial charge in [0.15, 0.2) is 0 Å². The molecular weight excluding hydrogens is 192 g/mol. The van der Waals surface area contributed by atoms with Gasteiger partial charge in [0.2, 0.25) is 0 Å². The van der Waals surface area contributed by atoms with E-state index in [1.807, 2.05) is 6.92 Å². The summed E-state index contributed by atoms with van der Waals surface area (Å²) in [5, 5.41) is 2.81. The van der Waals surface area contributed by atoms with Gasteiger partial charge in [0.05, 0.1) is 0 Å². The van der Waals surface area contributed by atoms with E-state index in [1.54, 1.807) is 0 Å². The van der Waals surface area contributed by atoms with Gasteiger partial charge in [-0.2, -0.15) is 0 Å². The van der Waals surface area contributed by atoms with Crippen molar-refractivity contribution in [1.82, 2.24) is 0 Å². The lowest BCUT2D eigenvalue weighted by Gasteiger charge is -2.07. The normalized spacial score (nSPS) is 13.0. The van der Waals surface area contributed by atoms with Gasteiger partial charge >= 0.3 is 0 Å². The van der Waals surface area contributed by atoms with E-state index in [0.717, 1.165) is 6.42 Å². The number of alkyl halides is 1. The van der Waals surface area contributed by atoms with Crippen LogP contribution in [0.25, 0.3) is 10.8 Å².